The summed E-state index contributed by atoms with van der Waals surface area (Å²) in [7, 11) is -3.46. The van der Waals surface area contributed by atoms with Gasteiger partial charge in [0.25, 0.3) is 0 Å². The van der Waals surface area contributed by atoms with Gasteiger partial charge in [0.2, 0.25) is 15.9 Å². The maximum atomic E-state index is 13.1. The first-order valence-electron chi connectivity index (χ1n) is 11.6. The van der Waals surface area contributed by atoms with Crippen molar-refractivity contribution in [1.82, 2.24) is 13.8 Å². The Labute approximate surface area is 186 Å². The second-order valence-corrected chi connectivity index (χ2v) is 11.7. The van der Waals surface area contributed by atoms with Crippen molar-refractivity contribution >= 4 is 26.8 Å². The molecule has 0 spiro atoms. The minimum Gasteiger partial charge on any atom is -0.347 e. The lowest BCUT2D eigenvalue weighted by atomic mass is 9.92. The van der Waals surface area contributed by atoms with E-state index in [-0.39, 0.29) is 5.91 Å². The van der Waals surface area contributed by atoms with Crippen molar-refractivity contribution in [3.8, 4) is 0 Å². The van der Waals surface area contributed by atoms with E-state index in [9.17, 15) is 13.2 Å². The standard InChI is InChI=1S/C24H35N3O3S/c1-18-6-12-27(13-7-18)31(29,30)22-4-5-23-21(15-22)8-10-25(23)11-9-24(28)26-16-19(2)14-20(3)17-26/h4-5,8,10,15,18-20H,6-7,9,11-14,16-17H2,1-3H3/t19-,20-/m0/s1. The van der Waals surface area contributed by atoms with Gasteiger partial charge in [-0.25, -0.2) is 8.42 Å². The van der Waals surface area contributed by atoms with Gasteiger partial charge in [0.05, 0.1) is 4.90 Å². The second kappa shape index (κ2) is 8.94. The van der Waals surface area contributed by atoms with E-state index in [4.69, 9.17) is 0 Å². The SMILES string of the molecule is CC1CCN(S(=O)(=O)c2ccc3c(ccn3CCC(=O)N3C[C@@H](C)C[C@H](C)C3)c2)CC1. The number of piperidine rings is 2. The lowest BCUT2D eigenvalue weighted by molar-refractivity contribution is -0.134. The molecule has 0 unspecified atom stereocenters. The first-order chi connectivity index (χ1) is 14.7. The topological polar surface area (TPSA) is 62.6 Å². The fourth-order valence-corrected chi connectivity index (χ4v) is 6.65. The molecule has 2 aromatic rings. The van der Waals surface area contributed by atoms with Crippen LogP contribution in [0.4, 0.5) is 0 Å². The zero-order valence-electron chi connectivity index (χ0n) is 19.0. The highest BCUT2D eigenvalue weighted by Crippen LogP contribution is 2.27. The van der Waals surface area contributed by atoms with Crippen LogP contribution in [0.25, 0.3) is 10.9 Å². The van der Waals surface area contributed by atoms with Gasteiger partial charge in [0, 0.05) is 56.2 Å². The largest absolute Gasteiger partial charge is 0.347 e. The summed E-state index contributed by atoms with van der Waals surface area (Å²) in [5.74, 6) is 1.91. The number of benzene rings is 1. The van der Waals surface area contributed by atoms with E-state index in [2.05, 4.69) is 25.3 Å². The smallest absolute Gasteiger partial charge is 0.243 e. The van der Waals surface area contributed by atoms with Gasteiger partial charge < -0.3 is 9.47 Å². The summed E-state index contributed by atoms with van der Waals surface area (Å²) in [4.78, 5) is 15.1. The molecule has 1 amide bonds. The molecule has 0 N–H and O–H groups in total. The molecule has 4 rings (SSSR count). The number of aromatic nitrogens is 1. The van der Waals surface area contributed by atoms with Crippen LogP contribution < -0.4 is 0 Å². The quantitative estimate of drug-likeness (QED) is 0.700. The third-order valence-electron chi connectivity index (χ3n) is 6.91. The number of carbonyl (C=O) groups excluding carboxylic acids is 1. The minimum absolute atomic E-state index is 0.207. The maximum Gasteiger partial charge on any atom is 0.243 e. The number of likely N-dealkylation sites (tertiary alicyclic amines) is 1. The highest BCUT2D eigenvalue weighted by molar-refractivity contribution is 7.89. The number of aryl methyl sites for hydroxylation is 1. The van der Waals surface area contributed by atoms with Gasteiger partial charge in [0.15, 0.2) is 0 Å². The van der Waals surface area contributed by atoms with Crippen molar-refractivity contribution in [3.63, 3.8) is 0 Å². The van der Waals surface area contributed by atoms with Crippen molar-refractivity contribution in [1.29, 1.82) is 0 Å². The third-order valence-corrected chi connectivity index (χ3v) is 8.81. The van der Waals surface area contributed by atoms with E-state index in [1.165, 1.54) is 6.42 Å². The molecule has 3 heterocycles. The average molecular weight is 446 g/mol. The predicted octanol–water partition coefficient (Wildman–Crippen LogP) is 3.96. The molecule has 2 aliphatic rings. The number of nitrogens with zero attached hydrogens (tertiary/aromatic N) is 3. The molecular weight excluding hydrogens is 410 g/mol. The van der Waals surface area contributed by atoms with Crippen LogP contribution >= 0.6 is 0 Å². The molecular formula is C24H35N3O3S. The van der Waals surface area contributed by atoms with E-state index in [0.717, 1.165) is 36.8 Å². The number of hydrogen-bond acceptors (Lipinski definition) is 3. The van der Waals surface area contributed by atoms with Gasteiger partial charge >= 0.3 is 0 Å². The van der Waals surface area contributed by atoms with Crippen molar-refractivity contribution in [3.05, 3.63) is 30.5 Å². The lowest BCUT2D eigenvalue weighted by Gasteiger charge is -2.35. The summed E-state index contributed by atoms with van der Waals surface area (Å²) in [6.07, 6.45) is 5.45. The Morgan fingerprint density at radius 2 is 1.68 bits per heavy atom. The first-order valence-corrected chi connectivity index (χ1v) is 13.0. The van der Waals surface area contributed by atoms with Crippen molar-refractivity contribution in [2.24, 2.45) is 17.8 Å². The number of fused-ring (bicyclic) bond motifs is 1. The summed E-state index contributed by atoms with van der Waals surface area (Å²) in [5, 5.41) is 0.902. The molecule has 2 fully saturated rings. The minimum atomic E-state index is -3.46. The molecule has 0 radical (unpaired) electrons. The van der Waals surface area contributed by atoms with E-state index in [1.807, 2.05) is 23.2 Å². The molecule has 2 saturated heterocycles. The van der Waals surface area contributed by atoms with Crippen LogP contribution in [0.15, 0.2) is 35.4 Å². The summed E-state index contributed by atoms with van der Waals surface area (Å²) in [6, 6.07) is 7.31. The summed E-state index contributed by atoms with van der Waals surface area (Å²) in [6.45, 7) is 10.1. The molecule has 2 aliphatic heterocycles. The highest BCUT2D eigenvalue weighted by atomic mass is 32.2. The zero-order valence-corrected chi connectivity index (χ0v) is 19.8. The highest BCUT2D eigenvalue weighted by Gasteiger charge is 2.28. The molecule has 2 atom stereocenters. The van der Waals surface area contributed by atoms with Crippen molar-refractivity contribution < 1.29 is 13.2 Å². The lowest BCUT2D eigenvalue weighted by Crippen LogP contribution is -2.42. The van der Waals surface area contributed by atoms with Gasteiger partial charge in [-0.2, -0.15) is 4.31 Å². The molecule has 0 aliphatic carbocycles. The Hall–Kier alpha value is -1.86. The Balaban J connectivity index is 1.45. The maximum absolute atomic E-state index is 13.1. The molecule has 0 bridgehead atoms. The Bertz CT molecular complexity index is 1030. The number of carbonyl (C=O) groups is 1. The Morgan fingerprint density at radius 1 is 1.00 bits per heavy atom. The molecule has 6 nitrogen and oxygen atoms in total. The summed E-state index contributed by atoms with van der Waals surface area (Å²) >= 11 is 0. The molecule has 7 heteroatoms. The van der Waals surface area contributed by atoms with Crippen molar-refractivity contribution in [2.45, 2.75) is 57.9 Å². The van der Waals surface area contributed by atoms with Gasteiger partial charge in [-0.1, -0.05) is 20.8 Å². The Morgan fingerprint density at radius 3 is 2.35 bits per heavy atom. The number of sulfonamides is 1. The number of hydrogen-bond donors (Lipinski definition) is 0. The van der Waals surface area contributed by atoms with E-state index >= 15 is 0 Å². The molecule has 31 heavy (non-hydrogen) atoms. The summed E-state index contributed by atoms with van der Waals surface area (Å²) < 4.78 is 29.8. The molecule has 0 saturated carbocycles. The van der Waals surface area contributed by atoms with Crippen LogP contribution in [0.2, 0.25) is 0 Å². The fraction of sp³-hybridized carbons (Fsp3) is 0.625. The molecule has 170 valence electrons. The van der Waals surface area contributed by atoms with E-state index in [0.29, 0.717) is 48.7 Å². The fourth-order valence-electron chi connectivity index (χ4n) is 5.15. The third kappa shape index (κ3) is 4.82. The average Bonchev–Trinajstić information content (AvgIpc) is 3.14. The van der Waals surface area contributed by atoms with Crippen LogP contribution in [0.5, 0.6) is 0 Å². The van der Waals surface area contributed by atoms with Crippen LogP contribution in [-0.4, -0.2) is 54.3 Å². The zero-order chi connectivity index (χ0) is 22.2. The van der Waals surface area contributed by atoms with Gasteiger partial charge in [-0.05, 0) is 61.3 Å². The number of amides is 1. The second-order valence-electron chi connectivity index (χ2n) is 9.81. The summed E-state index contributed by atoms with van der Waals surface area (Å²) in [5.41, 5.74) is 0.972. The normalized spacial score (nSPS) is 24.0. The van der Waals surface area contributed by atoms with E-state index < -0.39 is 10.0 Å². The Kier molecular flexibility index (Phi) is 6.44. The van der Waals surface area contributed by atoms with E-state index in [1.54, 1.807) is 16.4 Å². The van der Waals surface area contributed by atoms with Crippen LogP contribution in [0.1, 0.15) is 46.5 Å². The van der Waals surface area contributed by atoms with Crippen LogP contribution in [-0.2, 0) is 21.4 Å². The first kappa shape index (κ1) is 22.3. The molecule has 1 aromatic heterocycles. The predicted molar refractivity (Wildman–Crippen MR) is 123 cm³/mol. The van der Waals surface area contributed by atoms with Crippen LogP contribution in [0.3, 0.4) is 0 Å². The van der Waals surface area contributed by atoms with Gasteiger partial charge in [-0.3, -0.25) is 4.79 Å². The van der Waals surface area contributed by atoms with Gasteiger partial charge in [0.1, 0.15) is 0 Å². The van der Waals surface area contributed by atoms with Gasteiger partial charge in [-0.15, -0.1) is 0 Å². The van der Waals surface area contributed by atoms with Crippen molar-refractivity contribution in [2.75, 3.05) is 26.2 Å². The van der Waals surface area contributed by atoms with Crippen LogP contribution in [0, 0.1) is 17.8 Å². The number of rotatable bonds is 5. The molecule has 1 aromatic carbocycles. The monoisotopic (exact) mass is 445 g/mol.